The van der Waals surface area contributed by atoms with Crippen molar-refractivity contribution in [3.63, 3.8) is 0 Å². The molecule has 0 aliphatic rings. The van der Waals surface area contributed by atoms with Crippen LogP contribution >= 0.6 is 0 Å². The molecule has 0 saturated carbocycles. The van der Waals surface area contributed by atoms with E-state index in [2.05, 4.69) is 20.3 Å². The highest BCUT2D eigenvalue weighted by molar-refractivity contribution is 5.74. The number of benzene rings is 1. The lowest BCUT2D eigenvalue weighted by Crippen LogP contribution is -2.20. The predicted octanol–water partition coefficient (Wildman–Crippen LogP) is 1.75. The van der Waals surface area contributed by atoms with Gasteiger partial charge in [0.05, 0.1) is 4.92 Å². The molecule has 0 unspecified atom stereocenters. The zero-order valence-corrected chi connectivity index (χ0v) is 13.0. The number of alkyl halides is 3. The van der Waals surface area contributed by atoms with E-state index in [1.807, 2.05) is 0 Å². The monoisotopic (exact) mass is 377 g/mol. The number of rotatable bonds is 2. The second kappa shape index (κ2) is 5.55. The van der Waals surface area contributed by atoms with Gasteiger partial charge in [0.25, 0.3) is 22.8 Å². The number of pyridine rings is 1. The quantitative estimate of drug-likeness (QED) is 0.385. The third-order valence-electron chi connectivity index (χ3n) is 3.70. The zero-order chi connectivity index (χ0) is 19.3. The largest absolute Gasteiger partial charge is 0.453 e. The topological polar surface area (TPSA) is 121 Å². The number of non-ortho nitro benzene ring substituents is 1. The van der Waals surface area contributed by atoms with Crippen LogP contribution in [0.25, 0.3) is 22.5 Å². The van der Waals surface area contributed by atoms with Crippen LogP contribution in [0.5, 0.6) is 0 Å². The fourth-order valence-electron chi connectivity index (χ4n) is 2.46. The number of halogens is 3. The number of nitro groups is 1. The zero-order valence-electron chi connectivity index (χ0n) is 13.0. The summed E-state index contributed by atoms with van der Waals surface area (Å²) in [6, 6.07) is 6.47. The molecule has 1 aromatic carbocycles. The maximum Gasteiger partial charge on any atom is 0.453 e. The summed E-state index contributed by atoms with van der Waals surface area (Å²) >= 11 is 0. The molecule has 4 rings (SSSR count). The van der Waals surface area contributed by atoms with Gasteiger partial charge in [0, 0.05) is 24.0 Å². The van der Waals surface area contributed by atoms with Crippen molar-refractivity contribution in [2.75, 3.05) is 0 Å². The van der Waals surface area contributed by atoms with Crippen LogP contribution < -0.4 is 5.56 Å². The highest BCUT2D eigenvalue weighted by Crippen LogP contribution is 2.26. The van der Waals surface area contributed by atoms with Crippen molar-refractivity contribution in [1.29, 1.82) is 0 Å². The standard InChI is InChI=1S/C14H6F3N7O3/c15-14(16,17)12-18-13-20-19-10-9(23(13)21-12)5-6-22(11(10)25)7-1-3-8(4-2-7)24(26)27/h1-6H. The van der Waals surface area contributed by atoms with E-state index in [0.29, 0.717) is 5.69 Å². The lowest BCUT2D eigenvalue weighted by molar-refractivity contribution is -0.384. The second-order valence-electron chi connectivity index (χ2n) is 5.34. The first-order valence-corrected chi connectivity index (χ1v) is 7.22. The van der Waals surface area contributed by atoms with Gasteiger partial charge in [-0.25, -0.2) is 0 Å². The van der Waals surface area contributed by atoms with Gasteiger partial charge in [-0.1, -0.05) is 0 Å². The summed E-state index contributed by atoms with van der Waals surface area (Å²) in [5.74, 6) is -1.80. The van der Waals surface area contributed by atoms with Gasteiger partial charge in [-0.3, -0.25) is 19.5 Å². The van der Waals surface area contributed by atoms with Crippen molar-refractivity contribution < 1.29 is 18.1 Å². The molecule has 0 N–H and O–H groups in total. The first-order valence-electron chi connectivity index (χ1n) is 7.22. The molecular formula is C14H6F3N7O3. The molecule has 3 aromatic heterocycles. The molecule has 0 aliphatic carbocycles. The van der Waals surface area contributed by atoms with Gasteiger partial charge in [-0.2, -0.15) is 22.7 Å². The van der Waals surface area contributed by atoms with E-state index in [9.17, 15) is 28.1 Å². The van der Waals surface area contributed by atoms with Crippen LogP contribution in [0.15, 0.2) is 41.3 Å². The molecule has 13 heteroatoms. The van der Waals surface area contributed by atoms with Gasteiger partial charge in [-0.15, -0.1) is 15.3 Å². The summed E-state index contributed by atoms with van der Waals surface area (Å²) in [5, 5.41) is 21.2. The fourth-order valence-corrected chi connectivity index (χ4v) is 2.46. The van der Waals surface area contributed by atoms with Crippen LogP contribution in [0, 0.1) is 10.1 Å². The Labute approximate surface area is 145 Å². The van der Waals surface area contributed by atoms with Crippen LogP contribution in [0.2, 0.25) is 0 Å². The average molecular weight is 377 g/mol. The Balaban J connectivity index is 1.90. The smallest absolute Gasteiger partial charge is 0.282 e. The number of hydrogen-bond donors (Lipinski definition) is 0. The Morgan fingerprint density at radius 3 is 2.41 bits per heavy atom. The van der Waals surface area contributed by atoms with E-state index in [0.717, 1.165) is 9.08 Å². The number of nitro benzene ring substituents is 1. The Morgan fingerprint density at radius 2 is 1.78 bits per heavy atom. The molecule has 136 valence electrons. The SMILES string of the molecule is O=c1c2nnc3nc(C(F)(F)F)nn3c2ccn1-c1ccc([N+](=O)[O-])cc1. The summed E-state index contributed by atoms with van der Waals surface area (Å²) in [7, 11) is 0. The highest BCUT2D eigenvalue weighted by Gasteiger charge is 2.36. The minimum Gasteiger partial charge on any atom is -0.282 e. The minimum absolute atomic E-state index is 0.00818. The maximum atomic E-state index is 12.8. The molecule has 0 amide bonds. The van der Waals surface area contributed by atoms with Crippen LogP contribution in [-0.2, 0) is 6.18 Å². The van der Waals surface area contributed by atoms with E-state index in [4.69, 9.17) is 0 Å². The number of hydrogen-bond acceptors (Lipinski definition) is 7. The molecule has 10 nitrogen and oxygen atoms in total. The lowest BCUT2D eigenvalue weighted by Gasteiger charge is -2.06. The normalized spacial score (nSPS) is 12.0. The second-order valence-corrected chi connectivity index (χ2v) is 5.34. The Kier molecular flexibility index (Phi) is 3.41. The van der Waals surface area contributed by atoms with E-state index in [1.165, 1.54) is 36.5 Å². The lowest BCUT2D eigenvalue weighted by atomic mass is 10.2. The summed E-state index contributed by atoms with van der Waals surface area (Å²) in [5.41, 5.74) is -0.770. The molecule has 27 heavy (non-hydrogen) atoms. The van der Waals surface area contributed by atoms with Crippen molar-refractivity contribution in [3.05, 3.63) is 62.8 Å². The molecule has 0 bridgehead atoms. The number of nitrogens with zero attached hydrogens (tertiary/aromatic N) is 7. The van der Waals surface area contributed by atoms with E-state index in [1.54, 1.807) is 0 Å². The van der Waals surface area contributed by atoms with Crippen molar-refractivity contribution in [2.24, 2.45) is 0 Å². The Bertz CT molecular complexity index is 1260. The summed E-state index contributed by atoms with van der Waals surface area (Å²) in [6.07, 6.45) is -3.48. The Hall–Kier alpha value is -3.90. The van der Waals surface area contributed by atoms with Crippen molar-refractivity contribution in [2.45, 2.75) is 6.18 Å². The maximum absolute atomic E-state index is 12.8. The summed E-state index contributed by atoms with van der Waals surface area (Å²) < 4.78 is 40.3. The molecule has 0 saturated heterocycles. The van der Waals surface area contributed by atoms with Gasteiger partial charge >= 0.3 is 6.18 Å². The molecule has 4 aromatic rings. The Morgan fingerprint density at radius 1 is 1.07 bits per heavy atom. The summed E-state index contributed by atoms with van der Waals surface area (Å²) in [6.45, 7) is 0. The third-order valence-corrected chi connectivity index (χ3v) is 3.70. The average Bonchev–Trinajstić information content (AvgIpc) is 3.07. The minimum atomic E-state index is -4.77. The molecule has 0 fully saturated rings. The molecule has 0 atom stereocenters. The predicted molar refractivity (Wildman–Crippen MR) is 83.3 cm³/mol. The van der Waals surface area contributed by atoms with Crippen molar-refractivity contribution in [3.8, 4) is 5.69 Å². The van der Waals surface area contributed by atoms with E-state index < -0.39 is 28.3 Å². The van der Waals surface area contributed by atoms with Gasteiger partial charge < -0.3 is 0 Å². The van der Waals surface area contributed by atoms with Crippen LogP contribution in [0.4, 0.5) is 18.9 Å². The summed E-state index contributed by atoms with van der Waals surface area (Å²) in [4.78, 5) is 26.0. The van der Waals surface area contributed by atoms with Gasteiger partial charge in [0.1, 0.15) is 5.52 Å². The van der Waals surface area contributed by atoms with Crippen LogP contribution in [0.1, 0.15) is 5.82 Å². The van der Waals surface area contributed by atoms with Crippen LogP contribution in [-0.4, -0.2) is 34.3 Å². The van der Waals surface area contributed by atoms with Gasteiger partial charge in [0.15, 0.2) is 5.52 Å². The van der Waals surface area contributed by atoms with E-state index in [-0.39, 0.29) is 16.7 Å². The van der Waals surface area contributed by atoms with Crippen molar-refractivity contribution >= 4 is 22.5 Å². The molecule has 0 spiro atoms. The molecule has 0 radical (unpaired) electrons. The highest BCUT2D eigenvalue weighted by atomic mass is 19.4. The number of aromatic nitrogens is 6. The van der Waals surface area contributed by atoms with Gasteiger partial charge in [-0.05, 0) is 18.2 Å². The molecular weight excluding hydrogens is 371 g/mol. The molecule has 0 aliphatic heterocycles. The number of fused-ring (bicyclic) bond motifs is 3. The van der Waals surface area contributed by atoms with Crippen molar-refractivity contribution in [1.82, 2.24) is 29.4 Å². The first-order chi connectivity index (χ1) is 12.8. The third kappa shape index (κ3) is 2.65. The molecule has 3 heterocycles. The van der Waals surface area contributed by atoms with Gasteiger partial charge in [0.2, 0.25) is 0 Å². The van der Waals surface area contributed by atoms with E-state index >= 15 is 0 Å². The van der Waals surface area contributed by atoms with Crippen LogP contribution in [0.3, 0.4) is 0 Å². The first kappa shape index (κ1) is 16.6. The fraction of sp³-hybridized carbons (Fsp3) is 0.0714.